The molecule has 0 unspecified atom stereocenters. The number of aromatic nitrogens is 2. The maximum Gasteiger partial charge on any atom is 0.323 e. The summed E-state index contributed by atoms with van der Waals surface area (Å²) in [6.07, 6.45) is 0. The molecule has 0 aliphatic rings. The van der Waals surface area contributed by atoms with E-state index >= 15 is 0 Å². The molecule has 3 N–H and O–H groups in total. The van der Waals surface area contributed by atoms with Crippen LogP contribution < -0.4 is 23.4 Å². The Labute approximate surface area is 154 Å². The highest BCUT2D eigenvalue weighted by Gasteiger charge is 2.05. The van der Waals surface area contributed by atoms with E-state index in [2.05, 4.69) is 15.3 Å². The normalized spacial score (nSPS) is 10.6. The van der Waals surface area contributed by atoms with Crippen molar-refractivity contribution in [3.63, 3.8) is 0 Å². The molecule has 0 aliphatic carbocycles. The number of furan rings is 1. The van der Waals surface area contributed by atoms with Gasteiger partial charge in [0.2, 0.25) is 0 Å². The third-order valence-electron chi connectivity index (χ3n) is 3.77. The summed E-state index contributed by atoms with van der Waals surface area (Å²) in [4.78, 5) is 16.7. The van der Waals surface area contributed by atoms with Crippen LogP contribution in [0.4, 0.5) is 5.69 Å². The molecular formula is C18H14Cl2N3O2-. The molecule has 128 valence electrons. The first-order valence-corrected chi connectivity index (χ1v) is 7.86. The molecule has 0 aliphatic heterocycles. The number of benzene rings is 2. The maximum atomic E-state index is 11.3. The number of halogens is 2. The molecule has 4 rings (SSSR count). The Balaban J connectivity index is 0.00000182. The number of hydrogen-bond donors (Lipinski definition) is 3. The number of aromatic amines is 2. The number of rotatable bonds is 4. The zero-order valence-corrected chi connectivity index (χ0v) is 14.5. The Morgan fingerprint density at radius 3 is 2.52 bits per heavy atom. The molecule has 0 fully saturated rings. The Kier molecular flexibility index (Phi) is 4.88. The number of anilines is 1. The Hall–Kier alpha value is -2.63. The second kappa shape index (κ2) is 7.09. The summed E-state index contributed by atoms with van der Waals surface area (Å²) in [7, 11) is 0. The average Bonchev–Trinajstić information content (AvgIpc) is 3.18. The van der Waals surface area contributed by atoms with Gasteiger partial charge in [0.05, 0.1) is 17.6 Å². The van der Waals surface area contributed by atoms with Crippen LogP contribution in [0.2, 0.25) is 5.02 Å². The molecule has 2 aromatic carbocycles. The summed E-state index contributed by atoms with van der Waals surface area (Å²) in [6, 6.07) is 17.1. The summed E-state index contributed by atoms with van der Waals surface area (Å²) < 4.78 is 5.85. The number of H-pyrrole nitrogens is 2. The fourth-order valence-corrected chi connectivity index (χ4v) is 2.70. The minimum Gasteiger partial charge on any atom is -1.00 e. The lowest BCUT2D eigenvalue weighted by Gasteiger charge is -2.04. The van der Waals surface area contributed by atoms with E-state index in [-0.39, 0.29) is 18.1 Å². The van der Waals surface area contributed by atoms with Gasteiger partial charge in [0.25, 0.3) is 0 Å². The Morgan fingerprint density at radius 2 is 1.72 bits per heavy atom. The summed E-state index contributed by atoms with van der Waals surface area (Å²) in [5, 5.41) is 3.98. The smallest absolute Gasteiger partial charge is 0.323 e. The second-order valence-electron chi connectivity index (χ2n) is 5.47. The molecule has 4 aromatic rings. The molecule has 7 heteroatoms. The highest BCUT2D eigenvalue weighted by atomic mass is 35.5. The van der Waals surface area contributed by atoms with Gasteiger partial charge in [-0.1, -0.05) is 11.6 Å². The van der Waals surface area contributed by atoms with Crippen molar-refractivity contribution < 1.29 is 16.8 Å². The molecule has 0 atom stereocenters. The molecule has 0 amide bonds. The molecule has 0 saturated carbocycles. The molecule has 0 saturated heterocycles. The van der Waals surface area contributed by atoms with E-state index in [1.807, 2.05) is 54.6 Å². The van der Waals surface area contributed by atoms with Gasteiger partial charge in [-0.15, -0.1) is 0 Å². The number of fused-ring (bicyclic) bond motifs is 1. The van der Waals surface area contributed by atoms with Crippen LogP contribution in [0.15, 0.2) is 63.8 Å². The first kappa shape index (κ1) is 17.2. The van der Waals surface area contributed by atoms with Gasteiger partial charge in [-0.25, -0.2) is 4.79 Å². The predicted molar refractivity (Wildman–Crippen MR) is 95.4 cm³/mol. The minimum absolute atomic E-state index is 0. The van der Waals surface area contributed by atoms with Crippen molar-refractivity contribution in [2.75, 3.05) is 5.32 Å². The zero-order chi connectivity index (χ0) is 16.5. The van der Waals surface area contributed by atoms with E-state index < -0.39 is 0 Å². The highest BCUT2D eigenvalue weighted by molar-refractivity contribution is 6.30. The van der Waals surface area contributed by atoms with Crippen molar-refractivity contribution in [1.29, 1.82) is 0 Å². The van der Waals surface area contributed by atoms with Crippen molar-refractivity contribution in [3.8, 4) is 11.3 Å². The lowest BCUT2D eigenvalue weighted by molar-refractivity contribution is -0.00000538. The van der Waals surface area contributed by atoms with Gasteiger partial charge in [0.1, 0.15) is 11.5 Å². The van der Waals surface area contributed by atoms with E-state index in [1.165, 1.54) is 0 Å². The molecular weight excluding hydrogens is 361 g/mol. The Bertz CT molecular complexity index is 1050. The Morgan fingerprint density at radius 1 is 0.960 bits per heavy atom. The SMILES string of the molecule is O=c1[nH]c2ccc(NCc3ccc(-c4ccc(Cl)cc4)o3)cc2[nH]1.[Cl-]. The van der Waals surface area contributed by atoms with Crippen LogP contribution >= 0.6 is 11.6 Å². The molecule has 2 heterocycles. The van der Waals surface area contributed by atoms with E-state index in [9.17, 15) is 4.79 Å². The van der Waals surface area contributed by atoms with E-state index in [0.717, 1.165) is 33.8 Å². The third-order valence-corrected chi connectivity index (χ3v) is 4.03. The van der Waals surface area contributed by atoms with Crippen LogP contribution in [-0.4, -0.2) is 9.97 Å². The van der Waals surface area contributed by atoms with Gasteiger partial charge >= 0.3 is 5.69 Å². The lowest BCUT2D eigenvalue weighted by Crippen LogP contribution is -3.00. The summed E-state index contributed by atoms with van der Waals surface area (Å²) in [5.74, 6) is 1.62. The van der Waals surface area contributed by atoms with Crippen molar-refractivity contribution >= 4 is 28.3 Å². The third kappa shape index (κ3) is 3.73. The molecule has 2 aromatic heterocycles. The average molecular weight is 375 g/mol. The molecule has 0 spiro atoms. The predicted octanol–water partition coefficient (Wildman–Crippen LogP) is 1.39. The minimum atomic E-state index is -0.208. The van der Waals surface area contributed by atoms with E-state index in [1.54, 1.807) is 0 Å². The van der Waals surface area contributed by atoms with Crippen molar-refractivity contribution in [3.05, 3.63) is 75.9 Å². The first-order valence-electron chi connectivity index (χ1n) is 7.48. The topological polar surface area (TPSA) is 73.8 Å². The van der Waals surface area contributed by atoms with Gasteiger partial charge in [0, 0.05) is 16.3 Å². The quantitative estimate of drug-likeness (QED) is 0.505. The highest BCUT2D eigenvalue weighted by Crippen LogP contribution is 2.24. The molecule has 25 heavy (non-hydrogen) atoms. The van der Waals surface area contributed by atoms with Crippen LogP contribution in [0.3, 0.4) is 0 Å². The van der Waals surface area contributed by atoms with E-state index in [0.29, 0.717) is 11.6 Å². The zero-order valence-electron chi connectivity index (χ0n) is 13.0. The summed E-state index contributed by atoms with van der Waals surface area (Å²) >= 11 is 5.90. The molecule has 5 nitrogen and oxygen atoms in total. The molecule has 0 radical (unpaired) electrons. The largest absolute Gasteiger partial charge is 1.00 e. The van der Waals surface area contributed by atoms with Gasteiger partial charge in [0.15, 0.2) is 0 Å². The number of hydrogen-bond acceptors (Lipinski definition) is 3. The first-order chi connectivity index (χ1) is 11.7. The monoisotopic (exact) mass is 374 g/mol. The van der Waals surface area contributed by atoms with Crippen LogP contribution in [0.5, 0.6) is 0 Å². The number of imidazole rings is 1. The van der Waals surface area contributed by atoms with Crippen molar-refractivity contribution in [2.45, 2.75) is 6.54 Å². The van der Waals surface area contributed by atoms with Gasteiger partial charge < -0.3 is 32.1 Å². The van der Waals surface area contributed by atoms with Crippen LogP contribution in [0.25, 0.3) is 22.4 Å². The summed E-state index contributed by atoms with van der Waals surface area (Å²) in [6.45, 7) is 0.549. The maximum absolute atomic E-state index is 11.3. The van der Waals surface area contributed by atoms with Gasteiger partial charge in [-0.05, 0) is 54.6 Å². The van der Waals surface area contributed by atoms with Gasteiger partial charge in [-0.2, -0.15) is 0 Å². The number of nitrogens with one attached hydrogen (secondary N) is 3. The molecule has 0 bridgehead atoms. The lowest BCUT2D eigenvalue weighted by atomic mass is 10.2. The summed E-state index contributed by atoms with van der Waals surface area (Å²) in [5.41, 5.74) is 3.24. The van der Waals surface area contributed by atoms with Crippen molar-refractivity contribution in [2.24, 2.45) is 0 Å². The van der Waals surface area contributed by atoms with Crippen LogP contribution in [0.1, 0.15) is 5.76 Å². The second-order valence-corrected chi connectivity index (χ2v) is 5.90. The van der Waals surface area contributed by atoms with Crippen molar-refractivity contribution in [1.82, 2.24) is 9.97 Å². The fourth-order valence-electron chi connectivity index (χ4n) is 2.57. The standard InChI is InChI=1S/C18H14ClN3O2.ClH/c19-12-3-1-11(2-4-12)17-8-6-14(24-17)10-20-13-5-7-15-16(9-13)22-18(23)21-15;/h1-9,20H,10H2,(H2,21,22,23);1H/p-1. The van der Waals surface area contributed by atoms with E-state index in [4.69, 9.17) is 16.0 Å². The van der Waals surface area contributed by atoms with Gasteiger partial charge in [-0.3, -0.25) is 0 Å². The van der Waals surface area contributed by atoms with Crippen LogP contribution in [0, 0.1) is 0 Å². The van der Waals surface area contributed by atoms with Crippen LogP contribution in [-0.2, 0) is 6.54 Å². The fraction of sp³-hybridized carbons (Fsp3) is 0.0556.